The molecular formula is C11H11ClO2. The van der Waals surface area contributed by atoms with Gasteiger partial charge in [-0.3, -0.25) is 0 Å². The van der Waals surface area contributed by atoms with Gasteiger partial charge in [0, 0.05) is 0 Å². The Kier molecular flexibility index (Phi) is 4.20. The Morgan fingerprint density at radius 1 is 1.43 bits per heavy atom. The van der Waals surface area contributed by atoms with E-state index < -0.39 is 5.97 Å². The van der Waals surface area contributed by atoms with E-state index in [9.17, 15) is 4.79 Å². The van der Waals surface area contributed by atoms with E-state index in [1.807, 2.05) is 13.0 Å². The molecule has 1 aromatic carbocycles. The number of ether oxygens (including phenoxy) is 1. The summed E-state index contributed by atoms with van der Waals surface area (Å²) in [5.41, 5.74) is 0.496. The number of rotatable bonds is 3. The second-order valence-electron chi connectivity index (χ2n) is 2.67. The van der Waals surface area contributed by atoms with Gasteiger partial charge in [0.15, 0.2) is 5.22 Å². The molecule has 74 valence electrons. The Balaban J connectivity index is 2.64. The topological polar surface area (TPSA) is 26.3 Å². The SMILES string of the molecule is CC/C=C(\Cl)OC(=O)c1ccccc1. The van der Waals surface area contributed by atoms with Crippen LogP contribution in [0.25, 0.3) is 0 Å². The molecule has 0 unspecified atom stereocenters. The Morgan fingerprint density at radius 3 is 2.64 bits per heavy atom. The minimum atomic E-state index is -0.430. The molecule has 0 spiro atoms. The predicted octanol–water partition coefficient (Wildman–Crippen LogP) is 3.33. The summed E-state index contributed by atoms with van der Waals surface area (Å²) in [7, 11) is 0. The molecule has 1 rings (SSSR count). The lowest BCUT2D eigenvalue weighted by Crippen LogP contribution is -2.02. The van der Waals surface area contributed by atoms with Gasteiger partial charge in [0.1, 0.15) is 0 Å². The van der Waals surface area contributed by atoms with Crippen molar-refractivity contribution in [1.82, 2.24) is 0 Å². The monoisotopic (exact) mass is 210 g/mol. The zero-order valence-electron chi connectivity index (χ0n) is 7.87. The highest BCUT2D eigenvalue weighted by Crippen LogP contribution is 2.09. The molecule has 0 radical (unpaired) electrons. The highest BCUT2D eigenvalue weighted by Gasteiger charge is 2.06. The van der Waals surface area contributed by atoms with Crippen molar-refractivity contribution >= 4 is 17.6 Å². The van der Waals surface area contributed by atoms with Crippen LogP contribution in [-0.2, 0) is 4.74 Å². The van der Waals surface area contributed by atoms with E-state index in [-0.39, 0.29) is 5.22 Å². The maximum Gasteiger partial charge on any atom is 0.344 e. The van der Waals surface area contributed by atoms with Crippen molar-refractivity contribution in [1.29, 1.82) is 0 Å². The zero-order chi connectivity index (χ0) is 10.4. The minimum Gasteiger partial charge on any atom is -0.411 e. The van der Waals surface area contributed by atoms with Crippen LogP contribution in [-0.4, -0.2) is 5.97 Å². The number of carbonyl (C=O) groups is 1. The molecule has 0 saturated carbocycles. The molecular weight excluding hydrogens is 200 g/mol. The number of esters is 1. The van der Waals surface area contributed by atoms with Crippen LogP contribution in [0.15, 0.2) is 41.6 Å². The quantitative estimate of drug-likeness (QED) is 0.565. The summed E-state index contributed by atoms with van der Waals surface area (Å²) < 4.78 is 4.86. The highest BCUT2D eigenvalue weighted by molar-refractivity contribution is 6.29. The molecule has 14 heavy (non-hydrogen) atoms. The molecule has 0 N–H and O–H groups in total. The van der Waals surface area contributed by atoms with Gasteiger partial charge in [-0.1, -0.05) is 25.1 Å². The molecule has 1 aromatic rings. The second-order valence-corrected chi connectivity index (χ2v) is 3.04. The summed E-state index contributed by atoms with van der Waals surface area (Å²) in [4.78, 5) is 11.4. The molecule has 0 aliphatic carbocycles. The lowest BCUT2D eigenvalue weighted by molar-refractivity contribution is 0.0648. The average Bonchev–Trinajstić information content (AvgIpc) is 2.19. The standard InChI is InChI=1S/C11H11ClO2/c1-2-6-10(12)14-11(13)9-7-4-3-5-8-9/h3-8H,2H2,1H3/b10-6+. The Hall–Kier alpha value is -1.28. The normalized spacial score (nSPS) is 11.1. The summed E-state index contributed by atoms with van der Waals surface area (Å²) in [5.74, 6) is -0.430. The smallest absolute Gasteiger partial charge is 0.344 e. The molecule has 0 aliphatic heterocycles. The van der Waals surface area contributed by atoms with Crippen LogP contribution in [0.3, 0.4) is 0 Å². The number of halogens is 1. The zero-order valence-corrected chi connectivity index (χ0v) is 8.62. The fourth-order valence-corrected chi connectivity index (χ4v) is 1.15. The van der Waals surface area contributed by atoms with Crippen LogP contribution in [0.2, 0.25) is 0 Å². The van der Waals surface area contributed by atoms with E-state index in [2.05, 4.69) is 0 Å². The lowest BCUT2D eigenvalue weighted by atomic mass is 10.2. The first-order chi connectivity index (χ1) is 6.74. The predicted molar refractivity (Wildman–Crippen MR) is 56.1 cm³/mol. The Labute approximate surface area is 88.1 Å². The Morgan fingerprint density at radius 2 is 2.07 bits per heavy atom. The maximum atomic E-state index is 11.4. The first-order valence-electron chi connectivity index (χ1n) is 4.37. The summed E-state index contributed by atoms with van der Waals surface area (Å²) in [6, 6.07) is 8.74. The average molecular weight is 211 g/mol. The van der Waals surface area contributed by atoms with Gasteiger partial charge in [-0.2, -0.15) is 0 Å². The maximum absolute atomic E-state index is 11.4. The molecule has 0 aromatic heterocycles. The number of hydrogen-bond donors (Lipinski definition) is 0. The van der Waals surface area contributed by atoms with Crippen molar-refractivity contribution in [3.63, 3.8) is 0 Å². The summed E-state index contributed by atoms with van der Waals surface area (Å²) in [6.07, 6.45) is 2.38. The molecule has 0 amide bonds. The highest BCUT2D eigenvalue weighted by atomic mass is 35.5. The summed E-state index contributed by atoms with van der Waals surface area (Å²) >= 11 is 5.64. The fourth-order valence-electron chi connectivity index (χ4n) is 0.924. The molecule has 0 fully saturated rings. The van der Waals surface area contributed by atoms with Gasteiger partial charge in [0.2, 0.25) is 0 Å². The van der Waals surface area contributed by atoms with Crippen LogP contribution in [0.4, 0.5) is 0 Å². The van der Waals surface area contributed by atoms with Crippen molar-refractivity contribution < 1.29 is 9.53 Å². The van der Waals surface area contributed by atoms with Gasteiger partial charge in [0.25, 0.3) is 0 Å². The molecule has 3 heteroatoms. The fraction of sp³-hybridized carbons (Fsp3) is 0.182. The molecule has 2 nitrogen and oxygen atoms in total. The number of benzene rings is 1. The summed E-state index contributed by atoms with van der Waals surface area (Å²) in [5, 5.41) is 0.126. The van der Waals surface area contributed by atoms with Crippen LogP contribution in [0.1, 0.15) is 23.7 Å². The van der Waals surface area contributed by atoms with Crippen LogP contribution in [0, 0.1) is 0 Å². The van der Waals surface area contributed by atoms with Crippen molar-refractivity contribution in [2.75, 3.05) is 0 Å². The third-order valence-corrected chi connectivity index (χ3v) is 1.80. The molecule has 0 heterocycles. The van der Waals surface area contributed by atoms with Crippen molar-refractivity contribution in [2.24, 2.45) is 0 Å². The first-order valence-corrected chi connectivity index (χ1v) is 4.74. The number of hydrogen-bond acceptors (Lipinski definition) is 2. The van der Waals surface area contributed by atoms with E-state index in [4.69, 9.17) is 16.3 Å². The number of allylic oxidation sites excluding steroid dienone is 1. The van der Waals surface area contributed by atoms with E-state index in [0.717, 1.165) is 6.42 Å². The number of carbonyl (C=O) groups excluding carboxylic acids is 1. The largest absolute Gasteiger partial charge is 0.411 e. The van der Waals surface area contributed by atoms with E-state index in [1.54, 1.807) is 30.3 Å². The van der Waals surface area contributed by atoms with Gasteiger partial charge >= 0.3 is 5.97 Å². The van der Waals surface area contributed by atoms with Crippen LogP contribution < -0.4 is 0 Å². The van der Waals surface area contributed by atoms with E-state index >= 15 is 0 Å². The minimum absolute atomic E-state index is 0.126. The molecule has 0 bridgehead atoms. The van der Waals surface area contributed by atoms with Crippen LogP contribution >= 0.6 is 11.6 Å². The van der Waals surface area contributed by atoms with Gasteiger partial charge in [-0.15, -0.1) is 0 Å². The molecule has 0 saturated heterocycles. The summed E-state index contributed by atoms with van der Waals surface area (Å²) in [6.45, 7) is 1.92. The lowest BCUT2D eigenvalue weighted by Gasteiger charge is -2.01. The molecule has 0 aliphatic rings. The first kappa shape index (κ1) is 10.8. The van der Waals surface area contributed by atoms with Crippen molar-refractivity contribution in [3.05, 3.63) is 47.2 Å². The molecule has 0 atom stereocenters. The van der Waals surface area contributed by atoms with Gasteiger partial charge in [-0.05, 0) is 36.2 Å². The third-order valence-electron chi connectivity index (χ3n) is 1.56. The van der Waals surface area contributed by atoms with Gasteiger partial charge < -0.3 is 4.74 Å². The van der Waals surface area contributed by atoms with Crippen molar-refractivity contribution in [2.45, 2.75) is 13.3 Å². The van der Waals surface area contributed by atoms with Crippen LogP contribution in [0.5, 0.6) is 0 Å². The van der Waals surface area contributed by atoms with Gasteiger partial charge in [-0.25, -0.2) is 4.79 Å². The van der Waals surface area contributed by atoms with E-state index in [0.29, 0.717) is 5.56 Å². The second kappa shape index (κ2) is 5.45. The van der Waals surface area contributed by atoms with E-state index in [1.165, 1.54) is 0 Å². The third kappa shape index (κ3) is 3.23. The van der Waals surface area contributed by atoms with Gasteiger partial charge in [0.05, 0.1) is 5.56 Å². The Bertz CT molecular complexity index is 330. The van der Waals surface area contributed by atoms with Crippen molar-refractivity contribution in [3.8, 4) is 0 Å².